The van der Waals surface area contributed by atoms with Crippen LogP contribution in [0.25, 0.3) is 0 Å². The molecule has 1 atom stereocenters. The SMILES string of the molecule is Cc1cnc([C@@H](C)NC(=O)NC2Cc3ccccc3C2)s1. The highest BCUT2D eigenvalue weighted by Crippen LogP contribution is 2.22. The largest absolute Gasteiger partial charge is 0.335 e. The number of nitrogens with one attached hydrogen (secondary N) is 2. The number of hydrogen-bond donors (Lipinski definition) is 2. The number of rotatable bonds is 3. The maximum Gasteiger partial charge on any atom is 0.315 e. The molecule has 0 saturated heterocycles. The average Bonchev–Trinajstić information content (AvgIpc) is 3.03. The molecule has 2 aromatic rings. The molecular formula is C16H19N3OS. The summed E-state index contributed by atoms with van der Waals surface area (Å²) >= 11 is 1.62. The van der Waals surface area contributed by atoms with Crippen molar-refractivity contribution >= 4 is 17.4 Å². The first kappa shape index (κ1) is 14.1. The van der Waals surface area contributed by atoms with E-state index in [1.54, 1.807) is 11.3 Å². The Kier molecular flexibility index (Phi) is 3.92. The van der Waals surface area contributed by atoms with E-state index >= 15 is 0 Å². The predicted molar refractivity (Wildman–Crippen MR) is 84.6 cm³/mol. The van der Waals surface area contributed by atoms with E-state index in [1.807, 2.05) is 32.2 Å². The molecule has 0 spiro atoms. The van der Waals surface area contributed by atoms with Gasteiger partial charge in [0.15, 0.2) is 0 Å². The van der Waals surface area contributed by atoms with Gasteiger partial charge < -0.3 is 10.6 Å². The monoisotopic (exact) mass is 301 g/mol. The van der Waals surface area contributed by atoms with Gasteiger partial charge in [-0.1, -0.05) is 24.3 Å². The van der Waals surface area contributed by atoms with Crippen LogP contribution >= 0.6 is 11.3 Å². The molecule has 0 saturated carbocycles. The zero-order valence-corrected chi connectivity index (χ0v) is 13.0. The first-order valence-corrected chi connectivity index (χ1v) is 7.99. The molecular weight excluding hydrogens is 282 g/mol. The molecule has 2 amide bonds. The Morgan fingerprint density at radius 1 is 1.33 bits per heavy atom. The predicted octanol–water partition coefficient (Wildman–Crippen LogP) is 2.98. The van der Waals surface area contributed by atoms with Gasteiger partial charge in [-0.2, -0.15) is 0 Å². The van der Waals surface area contributed by atoms with E-state index in [0.717, 1.165) is 22.7 Å². The molecule has 0 radical (unpaired) electrons. The summed E-state index contributed by atoms with van der Waals surface area (Å²) in [5.41, 5.74) is 2.68. The number of thiazole rings is 1. The molecule has 3 rings (SSSR count). The zero-order valence-electron chi connectivity index (χ0n) is 12.2. The quantitative estimate of drug-likeness (QED) is 0.915. The summed E-state index contributed by atoms with van der Waals surface area (Å²) in [7, 11) is 0. The summed E-state index contributed by atoms with van der Waals surface area (Å²) in [6, 6.07) is 8.38. The van der Waals surface area contributed by atoms with Crippen LogP contribution in [-0.4, -0.2) is 17.1 Å². The number of nitrogens with zero attached hydrogens (tertiary/aromatic N) is 1. The maximum atomic E-state index is 12.1. The summed E-state index contributed by atoms with van der Waals surface area (Å²) in [6.45, 7) is 3.98. The van der Waals surface area contributed by atoms with Gasteiger partial charge in [0.2, 0.25) is 0 Å². The van der Waals surface area contributed by atoms with Crippen LogP contribution in [0.4, 0.5) is 4.79 Å². The molecule has 110 valence electrons. The fourth-order valence-electron chi connectivity index (χ4n) is 2.72. The van der Waals surface area contributed by atoms with Gasteiger partial charge in [0.05, 0.1) is 6.04 Å². The smallest absolute Gasteiger partial charge is 0.315 e. The van der Waals surface area contributed by atoms with Crippen molar-refractivity contribution in [3.8, 4) is 0 Å². The molecule has 0 unspecified atom stereocenters. The van der Waals surface area contributed by atoms with Gasteiger partial charge in [-0.25, -0.2) is 9.78 Å². The molecule has 1 aliphatic rings. The standard InChI is InChI=1S/C16H19N3OS/c1-10-9-17-15(21-10)11(2)18-16(20)19-14-7-12-5-3-4-6-13(12)8-14/h3-6,9,11,14H,7-8H2,1-2H3,(H2,18,19,20)/t11-/m1/s1. The molecule has 1 aliphatic carbocycles. The number of carbonyl (C=O) groups is 1. The van der Waals surface area contributed by atoms with Crippen LogP contribution in [0.3, 0.4) is 0 Å². The topological polar surface area (TPSA) is 54.0 Å². The summed E-state index contributed by atoms with van der Waals surface area (Å²) in [5, 5.41) is 6.96. The fourth-order valence-corrected chi connectivity index (χ4v) is 3.50. The molecule has 1 heterocycles. The molecule has 0 aliphatic heterocycles. The van der Waals surface area contributed by atoms with Crippen LogP contribution in [0, 0.1) is 6.92 Å². The Morgan fingerprint density at radius 3 is 2.57 bits per heavy atom. The van der Waals surface area contributed by atoms with Gasteiger partial charge in [-0.15, -0.1) is 11.3 Å². The Labute approximate surface area is 128 Å². The summed E-state index contributed by atoms with van der Waals surface area (Å²) in [6.07, 6.45) is 3.66. The van der Waals surface area contributed by atoms with Gasteiger partial charge in [0.1, 0.15) is 5.01 Å². The summed E-state index contributed by atoms with van der Waals surface area (Å²) in [5.74, 6) is 0. The van der Waals surface area contributed by atoms with Crippen molar-refractivity contribution in [2.45, 2.75) is 38.8 Å². The summed E-state index contributed by atoms with van der Waals surface area (Å²) in [4.78, 5) is 17.6. The third kappa shape index (κ3) is 3.24. The number of urea groups is 1. The maximum absolute atomic E-state index is 12.1. The Morgan fingerprint density at radius 2 is 2.00 bits per heavy atom. The van der Waals surface area contributed by atoms with Crippen molar-refractivity contribution in [1.82, 2.24) is 15.6 Å². The lowest BCUT2D eigenvalue weighted by atomic mass is 10.1. The van der Waals surface area contributed by atoms with Crippen molar-refractivity contribution in [2.24, 2.45) is 0 Å². The highest BCUT2D eigenvalue weighted by molar-refractivity contribution is 7.11. The van der Waals surface area contributed by atoms with E-state index in [-0.39, 0.29) is 18.1 Å². The van der Waals surface area contributed by atoms with E-state index in [2.05, 4.69) is 27.8 Å². The van der Waals surface area contributed by atoms with E-state index < -0.39 is 0 Å². The van der Waals surface area contributed by atoms with Crippen LogP contribution in [0.2, 0.25) is 0 Å². The molecule has 0 fully saturated rings. The van der Waals surface area contributed by atoms with E-state index in [0.29, 0.717) is 0 Å². The van der Waals surface area contributed by atoms with Crippen LogP contribution in [0.15, 0.2) is 30.5 Å². The first-order valence-electron chi connectivity index (χ1n) is 7.18. The highest BCUT2D eigenvalue weighted by atomic mass is 32.1. The van der Waals surface area contributed by atoms with Crippen LogP contribution in [0.5, 0.6) is 0 Å². The number of aryl methyl sites for hydroxylation is 1. The molecule has 1 aromatic heterocycles. The van der Waals surface area contributed by atoms with Gasteiger partial charge >= 0.3 is 6.03 Å². The number of fused-ring (bicyclic) bond motifs is 1. The molecule has 1 aromatic carbocycles. The van der Waals surface area contributed by atoms with Gasteiger partial charge in [-0.05, 0) is 37.8 Å². The molecule has 21 heavy (non-hydrogen) atoms. The lowest BCUT2D eigenvalue weighted by molar-refractivity contribution is 0.234. The third-order valence-electron chi connectivity index (χ3n) is 3.74. The van der Waals surface area contributed by atoms with E-state index in [4.69, 9.17) is 0 Å². The molecule has 4 nitrogen and oxygen atoms in total. The van der Waals surface area contributed by atoms with Crippen molar-refractivity contribution in [1.29, 1.82) is 0 Å². The fraction of sp³-hybridized carbons (Fsp3) is 0.375. The number of benzene rings is 1. The number of aromatic nitrogens is 1. The molecule has 5 heteroatoms. The number of hydrogen-bond acceptors (Lipinski definition) is 3. The normalized spacial score (nSPS) is 15.5. The van der Waals surface area contributed by atoms with Gasteiger partial charge in [0, 0.05) is 17.1 Å². The van der Waals surface area contributed by atoms with Crippen molar-refractivity contribution in [2.75, 3.05) is 0 Å². The van der Waals surface area contributed by atoms with E-state index in [9.17, 15) is 4.79 Å². The minimum absolute atomic E-state index is 0.0625. The average molecular weight is 301 g/mol. The van der Waals surface area contributed by atoms with Crippen molar-refractivity contribution in [3.05, 3.63) is 51.5 Å². The van der Waals surface area contributed by atoms with Crippen molar-refractivity contribution in [3.63, 3.8) is 0 Å². The number of carbonyl (C=O) groups excluding carboxylic acids is 1. The minimum Gasteiger partial charge on any atom is -0.335 e. The second-order valence-corrected chi connectivity index (χ2v) is 6.79. The molecule has 2 N–H and O–H groups in total. The third-order valence-corrected chi connectivity index (χ3v) is 4.84. The van der Waals surface area contributed by atoms with Gasteiger partial charge in [0.25, 0.3) is 0 Å². The molecule has 0 bridgehead atoms. The number of amides is 2. The highest BCUT2D eigenvalue weighted by Gasteiger charge is 2.23. The first-order chi connectivity index (χ1) is 10.1. The van der Waals surface area contributed by atoms with Gasteiger partial charge in [-0.3, -0.25) is 0 Å². The summed E-state index contributed by atoms with van der Waals surface area (Å²) < 4.78 is 0. The van der Waals surface area contributed by atoms with Crippen LogP contribution in [-0.2, 0) is 12.8 Å². The Hall–Kier alpha value is -1.88. The zero-order chi connectivity index (χ0) is 14.8. The lowest BCUT2D eigenvalue weighted by Gasteiger charge is -2.16. The van der Waals surface area contributed by atoms with E-state index in [1.165, 1.54) is 11.1 Å². The second-order valence-electron chi connectivity index (χ2n) is 5.52. The van der Waals surface area contributed by atoms with Crippen LogP contribution < -0.4 is 10.6 Å². The Balaban J connectivity index is 1.54. The van der Waals surface area contributed by atoms with Crippen molar-refractivity contribution < 1.29 is 4.79 Å². The Bertz CT molecular complexity index is 627. The second kappa shape index (κ2) is 5.85. The lowest BCUT2D eigenvalue weighted by Crippen LogP contribution is -2.43. The minimum atomic E-state index is -0.117. The van der Waals surface area contributed by atoms with Crippen LogP contribution in [0.1, 0.15) is 34.0 Å².